The quantitative estimate of drug-likeness (QED) is 0.575. The molecule has 0 saturated carbocycles. The first kappa shape index (κ1) is 17.8. The van der Waals surface area contributed by atoms with Gasteiger partial charge in [0.05, 0.1) is 6.54 Å². The number of aryl methyl sites for hydroxylation is 1. The fourth-order valence-corrected chi connectivity index (χ4v) is 4.11. The Balaban J connectivity index is 2.01. The molecule has 0 bridgehead atoms. The second-order valence-electron chi connectivity index (χ2n) is 8.10. The van der Waals surface area contributed by atoms with E-state index in [1.54, 1.807) is 4.90 Å². The van der Waals surface area contributed by atoms with Crippen LogP contribution in [0.5, 0.6) is 0 Å². The van der Waals surface area contributed by atoms with Gasteiger partial charge in [0.25, 0.3) is 0 Å². The zero-order valence-corrected chi connectivity index (χ0v) is 17.1. The number of amides is 1. The van der Waals surface area contributed by atoms with Gasteiger partial charge in [0.2, 0.25) is 0 Å². The summed E-state index contributed by atoms with van der Waals surface area (Å²) >= 11 is 0. The Kier molecular flexibility index (Phi) is 4.53. The maximum absolute atomic E-state index is 12.3. The number of hydrogen-bond donors (Lipinski definition) is 0. The molecule has 2 aromatic rings. The van der Waals surface area contributed by atoms with Crippen LogP contribution in [0.25, 0.3) is 11.1 Å². The van der Waals surface area contributed by atoms with Crippen molar-refractivity contribution in [1.82, 2.24) is 4.98 Å². The summed E-state index contributed by atoms with van der Waals surface area (Å²) in [5.41, 5.74) is 8.96. The van der Waals surface area contributed by atoms with Gasteiger partial charge in [0.15, 0.2) is 0 Å². The van der Waals surface area contributed by atoms with E-state index in [1.807, 2.05) is 18.2 Å². The van der Waals surface area contributed by atoms with Crippen LogP contribution in [0.4, 0.5) is 10.6 Å². The Hall–Kier alpha value is -2.58. The molecule has 27 heavy (non-hydrogen) atoms. The van der Waals surface area contributed by atoms with Gasteiger partial charge in [-0.3, -0.25) is 4.90 Å². The molecule has 1 aromatic carbocycles. The first-order chi connectivity index (χ1) is 12.9. The summed E-state index contributed by atoms with van der Waals surface area (Å²) < 4.78 is 5.20. The number of carbonyl (C=O) groups is 1. The normalized spacial score (nSPS) is 16.0. The molecule has 5 heteroatoms. The van der Waals surface area contributed by atoms with E-state index in [-0.39, 0.29) is 6.09 Å². The summed E-state index contributed by atoms with van der Waals surface area (Å²) in [5.74, 6) is 4.22. The second-order valence-corrected chi connectivity index (χ2v) is 12.8. The van der Waals surface area contributed by atoms with Gasteiger partial charge in [0, 0.05) is 16.8 Å². The van der Waals surface area contributed by atoms with Crippen LogP contribution in [-0.4, -0.2) is 32.3 Å². The molecule has 0 atom stereocenters. The van der Waals surface area contributed by atoms with Crippen LogP contribution >= 0.6 is 0 Å². The third kappa shape index (κ3) is 3.50. The van der Waals surface area contributed by atoms with Crippen LogP contribution in [-0.2, 0) is 17.6 Å². The molecule has 2 aliphatic rings. The number of carbonyl (C=O) groups excluding carboxylic acids is 1. The lowest BCUT2D eigenvalue weighted by atomic mass is 9.95. The van der Waals surface area contributed by atoms with Gasteiger partial charge in [-0.2, -0.15) is 0 Å². The molecule has 1 fully saturated rings. The largest absolute Gasteiger partial charge is 0.447 e. The van der Waals surface area contributed by atoms with Gasteiger partial charge in [0.1, 0.15) is 20.5 Å². The monoisotopic (exact) mass is 376 g/mol. The molecular weight excluding hydrogens is 352 g/mol. The van der Waals surface area contributed by atoms with Gasteiger partial charge >= 0.3 is 6.09 Å². The molecule has 0 unspecified atom stereocenters. The highest BCUT2D eigenvalue weighted by Gasteiger charge is 2.31. The number of hydrogen-bond acceptors (Lipinski definition) is 3. The fourth-order valence-electron chi connectivity index (χ4n) is 3.61. The minimum atomic E-state index is -1.55. The van der Waals surface area contributed by atoms with E-state index in [4.69, 9.17) is 9.72 Å². The number of ether oxygens (including phenoxy) is 1. The van der Waals surface area contributed by atoms with Crippen LogP contribution in [0.1, 0.15) is 23.2 Å². The average molecular weight is 377 g/mol. The zero-order chi connectivity index (χ0) is 19.0. The molecule has 2 heterocycles. The summed E-state index contributed by atoms with van der Waals surface area (Å²) in [6.07, 6.45) is 2.72. The van der Waals surface area contributed by atoms with Gasteiger partial charge in [-0.15, -0.1) is 5.54 Å². The van der Waals surface area contributed by atoms with Gasteiger partial charge in [-0.25, -0.2) is 9.78 Å². The SMILES string of the molecule is C[Si](C)(C)C#Cc1c2c(nc(N3CCOC3=O)c1-c1ccccc1)CCC2. The minimum Gasteiger partial charge on any atom is -0.447 e. The first-order valence-electron chi connectivity index (χ1n) is 9.53. The molecule has 1 amide bonds. The van der Waals surface area contributed by atoms with Crippen LogP contribution in [0.15, 0.2) is 30.3 Å². The number of pyridine rings is 1. The molecule has 1 aromatic heterocycles. The van der Waals surface area contributed by atoms with Crippen LogP contribution in [0, 0.1) is 11.5 Å². The van der Waals surface area contributed by atoms with Crippen molar-refractivity contribution in [2.75, 3.05) is 18.1 Å². The maximum atomic E-state index is 12.3. The Morgan fingerprint density at radius 3 is 2.59 bits per heavy atom. The predicted octanol–water partition coefficient (Wildman–Crippen LogP) is 4.42. The Labute approximate surface area is 161 Å². The summed E-state index contributed by atoms with van der Waals surface area (Å²) in [7, 11) is -1.55. The smallest absolute Gasteiger partial charge is 0.415 e. The topological polar surface area (TPSA) is 42.4 Å². The molecule has 1 aliphatic heterocycles. The summed E-state index contributed by atoms with van der Waals surface area (Å²) in [5, 5.41) is 0. The van der Waals surface area contributed by atoms with E-state index in [0.29, 0.717) is 19.0 Å². The van der Waals surface area contributed by atoms with Crippen molar-refractivity contribution in [1.29, 1.82) is 0 Å². The number of fused-ring (bicyclic) bond motifs is 1. The molecule has 0 N–H and O–H groups in total. The first-order valence-corrected chi connectivity index (χ1v) is 13.0. The molecule has 4 nitrogen and oxygen atoms in total. The highest BCUT2D eigenvalue weighted by atomic mass is 28.3. The third-order valence-corrected chi connectivity index (χ3v) is 5.72. The Morgan fingerprint density at radius 1 is 1.15 bits per heavy atom. The summed E-state index contributed by atoms with van der Waals surface area (Å²) in [4.78, 5) is 18.9. The number of nitrogens with zero attached hydrogens (tertiary/aromatic N) is 2. The van der Waals surface area contributed by atoms with Crippen molar-refractivity contribution >= 4 is 20.0 Å². The molecule has 0 radical (unpaired) electrons. The Bertz CT molecular complexity index is 952. The number of cyclic esters (lactones) is 1. The summed E-state index contributed by atoms with van der Waals surface area (Å²) in [6, 6.07) is 10.2. The van der Waals surface area contributed by atoms with Gasteiger partial charge < -0.3 is 4.74 Å². The van der Waals surface area contributed by atoms with E-state index >= 15 is 0 Å². The summed E-state index contributed by atoms with van der Waals surface area (Å²) in [6.45, 7) is 7.69. The standard InChI is InChI=1S/C22H24N2O2Si/c1-27(2,3)15-12-18-17-10-7-11-19(17)23-21(24-13-14-26-22(24)25)20(18)16-8-5-4-6-9-16/h4-6,8-9H,7,10-11,13-14H2,1-3H3. The van der Waals surface area contributed by atoms with Crippen molar-refractivity contribution in [3.8, 4) is 22.6 Å². The number of anilines is 1. The highest BCUT2D eigenvalue weighted by molar-refractivity contribution is 6.83. The second kappa shape index (κ2) is 6.86. The molecule has 1 saturated heterocycles. The van der Waals surface area contributed by atoms with Crippen molar-refractivity contribution < 1.29 is 9.53 Å². The predicted molar refractivity (Wildman–Crippen MR) is 111 cm³/mol. The van der Waals surface area contributed by atoms with Gasteiger partial charge in [-0.05, 0) is 30.4 Å². The van der Waals surface area contributed by atoms with Crippen LogP contribution < -0.4 is 4.90 Å². The molecular formula is C22H24N2O2Si. The zero-order valence-electron chi connectivity index (χ0n) is 16.1. The third-order valence-electron chi connectivity index (χ3n) is 4.85. The fraction of sp³-hybridized carbons (Fsp3) is 0.364. The number of rotatable bonds is 2. The van der Waals surface area contributed by atoms with E-state index in [2.05, 4.69) is 43.2 Å². The molecule has 1 aliphatic carbocycles. The molecule has 0 spiro atoms. The van der Waals surface area contributed by atoms with Crippen molar-refractivity contribution in [3.63, 3.8) is 0 Å². The van der Waals surface area contributed by atoms with Crippen LogP contribution in [0.2, 0.25) is 19.6 Å². The number of benzene rings is 1. The highest BCUT2D eigenvalue weighted by Crippen LogP contribution is 2.39. The van der Waals surface area contributed by atoms with E-state index in [0.717, 1.165) is 41.6 Å². The lowest BCUT2D eigenvalue weighted by molar-refractivity contribution is 0.181. The van der Waals surface area contributed by atoms with E-state index in [9.17, 15) is 4.79 Å². The van der Waals surface area contributed by atoms with Crippen molar-refractivity contribution in [2.45, 2.75) is 38.9 Å². The lowest BCUT2D eigenvalue weighted by Crippen LogP contribution is -2.26. The molecule has 4 rings (SSSR count). The molecule has 138 valence electrons. The Morgan fingerprint density at radius 2 is 1.93 bits per heavy atom. The average Bonchev–Trinajstić information content (AvgIpc) is 3.27. The van der Waals surface area contributed by atoms with Gasteiger partial charge in [-0.1, -0.05) is 55.9 Å². The number of aromatic nitrogens is 1. The minimum absolute atomic E-state index is 0.318. The van der Waals surface area contributed by atoms with E-state index < -0.39 is 8.07 Å². The maximum Gasteiger partial charge on any atom is 0.415 e. The van der Waals surface area contributed by atoms with Crippen LogP contribution in [0.3, 0.4) is 0 Å². The van der Waals surface area contributed by atoms with E-state index in [1.165, 1.54) is 5.56 Å². The van der Waals surface area contributed by atoms with Crippen molar-refractivity contribution in [3.05, 3.63) is 47.2 Å². The van der Waals surface area contributed by atoms with Crippen molar-refractivity contribution in [2.24, 2.45) is 0 Å². The lowest BCUT2D eigenvalue weighted by Gasteiger charge is -2.21.